The average Bonchev–Trinajstić information content (AvgIpc) is 3.10. The van der Waals surface area contributed by atoms with E-state index in [0.717, 1.165) is 50.1 Å². The topological polar surface area (TPSA) is 57.9 Å². The molecule has 0 aliphatic carbocycles. The monoisotopic (exact) mass is 484 g/mol. The van der Waals surface area contributed by atoms with Crippen molar-refractivity contribution in [1.82, 2.24) is 20.0 Å². The van der Waals surface area contributed by atoms with Crippen molar-refractivity contribution in [3.63, 3.8) is 0 Å². The molecule has 1 saturated heterocycles. The van der Waals surface area contributed by atoms with Gasteiger partial charge in [-0.05, 0) is 25.1 Å². The first-order valence-corrected chi connectivity index (χ1v) is 9.10. The fourth-order valence-corrected chi connectivity index (χ4v) is 3.12. The lowest BCUT2D eigenvalue weighted by Crippen LogP contribution is -2.52. The maximum Gasteiger partial charge on any atom is 0.194 e. The summed E-state index contributed by atoms with van der Waals surface area (Å²) in [6, 6.07) is 10.3. The second-order valence-corrected chi connectivity index (χ2v) is 6.29. The zero-order valence-electron chi connectivity index (χ0n) is 16.3. The minimum atomic E-state index is 0. The summed E-state index contributed by atoms with van der Waals surface area (Å²) < 4.78 is 7.21. The number of rotatable bonds is 5. The van der Waals surface area contributed by atoms with E-state index in [9.17, 15) is 0 Å². The number of benzene rings is 1. The van der Waals surface area contributed by atoms with E-state index < -0.39 is 0 Å². The van der Waals surface area contributed by atoms with Crippen LogP contribution in [0.2, 0.25) is 0 Å². The van der Waals surface area contributed by atoms with Gasteiger partial charge in [0.25, 0.3) is 0 Å². The summed E-state index contributed by atoms with van der Waals surface area (Å²) in [4.78, 5) is 9.52. The molecular weight excluding hydrogens is 455 g/mol. The number of halogens is 1. The van der Waals surface area contributed by atoms with Crippen molar-refractivity contribution >= 4 is 35.6 Å². The third-order valence-electron chi connectivity index (χ3n) is 4.65. The van der Waals surface area contributed by atoms with Crippen molar-refractivity contribution in [2.45, 2.75) is 13.5 Å². The fraction of sp³-hybridized carbons (Fsp3) is 0.474. The molecule has 1 aliphatic heterocycles. The van der Waals surface area contributed by atoms with Crippen molar-refractivity contribution in [3.05, 3.63) is 42.2 Å². The lowest BCUT2D eigenvalue weighted by atomic mass is 10.2. The van der Waals surface area contributed by atoms with E-state index in [1.165, 1.54) is 5.69 Å². The first-order chi connectivity index (χ1) is 12.7. The van der Waals surface area contributed by atoms with E-state index in [0.29, 0.717) is 6.54 Å². The number of methoxy groups -OCH3 is 1. The van der Waals surface area contributed by atoms with Crippen LogP contribution in [0.4, 0.5) is 5.69 Å². The highest BCUT2D eigenvalue weighted by Crippen LogP contribution is 2.22. The number of hydrogen-bond donors (Lipinski definition) is 1. The Labute approximate surface area is 178 Å². The van der Waals surface area contributed by atoms with Crippen molar-refractivity contribution in [2.75, 3.05) is 44.7 Å². The van der Waals surface area contributed by atoms with E-state index in [-0.39, 0.29) is 24.0 Å². The lowest BCUT2D eigenvalue weighted by molar-refractivity contribution is 0.371. The number of ether oxygens (including phenoxy) is 1. The van der Waals surface area contributed by atoms with Gasteiger partial charge < -0.3 is 19.9 Å². The van der Waals surface area contributed by atoms with Crippen LogP contribution in [0, 0.1) is 0 Å². The van der Waals surface area contributed by atoms with Crippen molar-refractivity contribution in [1.29, 1.82) is 0 Å². The molecule has 0 radical (unpaired) electrons. The molecule has 148 valence electrons. The van der Waals surface area contributed by atoms with Gasteiger partial charge in [0.15, 0.2) is 5.96 Å². The molecule has 1 aromatic heterocycles. The quantitative estimate of drug-likeness (QED) is 0.401. The van der Waals surface area contributed by atoms with Crippen LogP contribution in [0.1, 0.15) is 12.6 Å². The number of anilines is 1. The molecule has 2 heterocycles. The predicted octanol–water partition coefficient (Wildman–Crippen LogP) is 2.33. The molecule has 0 amide bonds. The number of aliphatic imine (C=N–C) groups is 1. The molecule has 1 N–H and O–H groups in total. The fourth-order valence-electron chi connectivity index (χ4n) is 3.12. The maximum absolute atomic E-state index is 5.34. The van der Waals surface area contributed by atoms with Gasteiger partial charge in [0.05, 0.1) is 19.3 Å². The smallest absolute Gasteiger partial charge is 0.194 e. The van der Waals surface area contributed by atoms with E-state index in [1.54, 1.807) is 7.11 Å². The van der Waals surface area contributed by atoms with E-state index in [1.807, 2.05) is 36.1 Å². The molecule has 1 aliphatic rings. The summed E-state index contributed by atoms with van der Waals surface area (Å²) in [5, 5.41) is 7.62. The number of piperazine rings is 1. The highest BCUT2D eigenvalue weighted by atomic mass is 127. The second kappa shape index (κ2) is 10.4. The molecular formula is C19H29IN6O. The molecule has 7 nitrogen and oxygen atoms in total. The molecule has 3 rings (SSSR count). The standard InChI is InChI=1S/C19H28N6O.HI/c1-4-20-19(21-15-17-8-9-22-23(17)2)25-12-10-24(11-13-25)16-6-5-7-18(14-16)26-3;/h5-9,14H,4,10-13,15H2,1-3H3,(H,20,21);1H. The van der Waals surface area contributed by atoms with E-state index in [2.05, 4.69) is 39.3 Å². The molecule has 0 spiro atoms. The third kappa shape index (κ3) is 5.50. The number of nitrogens with one attached hydrogen (secondary N) is 1. The number of aromatic nitrogens is 2. The highest BCUT2D eigenvalue weighted by molar-refractivity contribution is 14.0. The van der Waals surface area contributed by atoms with Gasteiger partial charge in [0.2, 0.25) is 0 Å². The van der Waals surface area contributed by atoms with Gasteiger partial charge in [-0.2, -0.15) is 5.10 Å². The first kappa shape index (κ1) is 21.3. The van der Waals surface area contributed by atoms with Gasteiger partial charge in [0, 0.05) is 57.7 Å². The van der Waals surface area contributed by atoms with Crippen LogP contribution >= 0.6 is 24.0 Å². The van der Waals surface area contributed by atoms with Gasteiger partial charge in [0.1, 0.15) is 5.75 Å². The largest absolute Gasteiger partial charge is 0.497 e. The van der Waals surface area contributed by atoms with Crippen LogP contribution < -0.4 is 15.0 Å². The molecule has 1 fully saturated rings. The Morgan fingerprint density at radius 3 is 2.63 bits per heavy atom. The maximum atomic E-state index is 5.34. The molecule has 8 heteroatoms. The van der Waals surface area contributed by atoms with Crippen molar-refractivity contribution in [3.8, 4) is 5.75 Å². The average molecular weight is 484 g/mol. The molecule has 1 aromatic carbocycles. The molecule has 0 saturated carbocycles. The molecule has 0 bridgehead atoms. The number of guanidine groups is 1. The Hall–Kier alpha value is -1.97. The van der Waals surface area contributed by atoms with Crippen LogP contribution in [-0.4, -0.2) is 60.5 Å². The molecule has 0 unspecified atom stereocenters. The van der Waals surface area contributed by atoms with Crippen molar-refractivity contribution < 1.29 is 4.74 Å². The van der Waals surface area contributed by atoms with Gasteiger partial charge in [-0.25, -0.2) is 4.99 Å². The van der Waals surface area contributed by atoms with Crippen LogP contribution in [0.5, 0.6) is 5.75 Å². The summed E-state index contributed by atoms with van der Waals surface area (Å²) in [6.07, 6.45) is 1.81. The Kier molecular flexibility index (Phi) is 8.21. The Morgan fingerprint density at radius 2 is 2.00 bits per heavy atom. The first-order valence-electron chi connectivity index (χ1n) is 9.10. The zero-order chi connectivity index (χ0) is 18.4. The normalized spacial score (nSPS) is 14.7. The lowest BCUT2D eigenvalue weighted by Gasteiger charge is -2.37. The van der Waals surface area contributed by atoms with Gasteiger partial charge in [-0.15, -0.1) is 24.0 Å². The number of aryl methyl sites for hydroxylation is 1. The van der Waals surface area contributed by atoms with Gasteiger partial charge in [-0.1, -0.05) is 6.07 Å². The van der Waals surface area contributed by atoms with Gasteiger partial charge in [-0.3, -0.25) is 4.68 Å². The van der Waals surface area contributed by atoms with Crippen molar-refractivity contribution in [2.24, 2.45) is 12.0 Å². The van der Waals surface area contributed by atoms with E-state index >= 15 is 0 Å². The summed E-state index contributed by atoms with van der Waals surface area (Å²) in [6.45, 7) is 7.40. The molecule has 27 heavy (non-hydrogen) atoms. The van der Waals surface area contributed by atoms with Crippen LogP contribution in [0.25, 0.3) is 0 Å². The Balaban J connectivity index is 0.00000261. The predicted molar refractivity (Wildman–Crippen MR) is 120 cm³/mol. The van der Waals surface area contributed by atoms with Crippen LogP contribution in [0.15, 0.2) is 41.5 Å². The second-order valence-electron chi connectivity index (χ2n) is 6.29. The number of nitrogens with zero attached hydrogens (tertiary/aromatic N) is 5. The minimum Gasteiger partial charge on any atom is -0.497 e. The summed E-state index contributed by atoms with van der Waals surface area (Å²) in [5.41, 5.74) is 2.32. The Morgan fingerprint density at radius 1 is 1.22 bits per heavy atom. The summed E-state index contributed by atoms with van der Waals surface area (Å²) in [7, 11) is 3.66. The summed E-state index contributed by atoms with van der Waals surface area (Å²) in [5.74, 6) is 1.87. The number of hydrogen-bond acceptors (Lipinski definition) is 4. The molecule has 2 aromatic rings. The van der Waals surface area contributed by atoms with Crippen LogP contribution in [-0.2, 0) is 13.6 Å². The summed E-state index contributed by atoms with van der Waals surface area (Å²) >= 11 is 0. The highest BCUT2D eigenvalue weighted by Gasteiger charge is 2.20. The Bertz CT molecular complexity index is 739. The molecule has 0 atom stereocenters. The van der Waals surface area contributed by atoms with Gasteiger partial charge >= 0.3 is 0 Å². The SMILES string of the molecule is CCNC(=NCc1ccnn1C)N1CCN(c2cccc(OC)c2)CC1.I. The van der Waals surface area contributed by atoms with E-state index in [4.69, 9.17) is 9.73 Å². The third-order valence-corrected chi connectivity index (χ3v) is 4.65. The zero-order valence-corrected chi connectivity index (χ0v) is 18.6. The minimum absolute atomic E-state index is 0. The van der Waals surface area contributed by atoms with Crippen LogP contribution in [0.3, 0.4) is 0 Å².